The highest BCUT2D eigenvalue weighted by molar-refractivity contribution is 9.09. The number of aryl methyl sites for hydroxylation is 1. The van der Waals surface area contributed by atoms with Crippen LogP contribution < -0.4 is 4.74 Å². The SMILES string of the molecule is COc1cccc(CCCC(Br)C(C)C)c1. The standard InChI is InChI=1S/C14H21BrO/c1-11(2)14(15)9-5-7-12-6-4-8-13(10-12)16-3/h4,6,8,10-11,14H,5,7,9H2,1-3H3. The Morgan fingerprint density at radius 2 is 2.06 bits per heavy atom. The lowest BCUT2D eigenvalue weighted by atomic mass is 10.0. The molecule has 0 aliphatic heterocycles. The Balaban J connectivity index is 2.37. The molecule has 0 bridgehead atoms. The third-order valence-corrected chi connectivity index (χ3v) is 4.32. The number of rotatable bonds is 6. The smallest absolute Gasteiger partial charge is 0.119 e. The fraction of sp³-hybridized carbons (Fsp3) is 0.571. The van der Waals surface area contributed by atoms with Crippen LogP contribution in [0.4, 0.5) is 0 Å². The van der Waals surface area contributed by atoms with Gasteiger partial charge in [-0.2, -0.15) is 0 Å². The average molecular weight is 285 g/mol. The molecule has 0 fully saturated rings. The highest BCUT2D eigenvalue weighted by Crippen LogP contribution is 2.20. The third-order valence-electron chi connectivity index (χ3n) is 2.80. The molecule has 1 atom stereocenters. The van der Waals surface area contributed by atoms with Gasteiger partial charge in [-0.3, -0.25) is 0 Å². The molecule has 0 N–H and O–H groups in total. The van der Waals surface area contributed by atoms with Crippen LogP contribution in [0.15, 0.2) is 24.3 Å². The Morgan fingerprint density at radius 3 is 2.69 bits per heavy atom. The maximum absolute atomic E-state index is 5.21. The van der Waals surface area contributed by atoms with Crippen LogP contribution in [0.5, 0.6) is 5.75 Å². The van der Waals surface area contributed by atoms with Crippen molar-refractivity contribution in [1.29, 1.82) is 0 Å². The van der Waals surface area contributed by atoms with Crippen LogP contribution in [0.2, 0.25) is 0 Å². The van der Waals surface area contributed by atoms with Gasteiger partial charge >= 0.3 is 0 Å². The highest BCUT2D eigenvalue weighted by Gasteiger charge is 2.08. The summed E-state index contributed by atoms with van der Waals surface area (Å²) >= 11 is 3.72. The van der Waals surface area contributed by atoms with Gasteiger partial charge in [-0.15, -0.1) is 0 Å². The Kier molecular flexibility index (Phi) is 5.89. The molecule has 0 saturated carbocycles. The molecule has 1 aromatic rings. The van der Waals surface area contributed by atoms with Crippen molar-refractivity contribution in [1.82, 2.24) is 0 Å². The molecule has 2 heteroatoms. The summed E-state index contributed by atoms with van der Waals surface area (Å²) in [6, 6.07) is 8.34. The van der Waals surface area contributed by atoms with Crippen molar-refractivity contribution in [3.8, 4) is 5.75 Å². The fourth-order valence-corrected chi connectivity index (χ4v) is 1.99. The minimum atomic E-state index is 0.637. The molecule has 1 aromatic carbocycles. The van der Waals surface area contributed by atoms with Gasteiger partial charge in [0.15, 0.2) is 0 Å². The summed E-state index contributed by atoms with van der Waals surface area (Å²) in [5, 5.41) is 0. The first-order valence-corrected chi connectivity index (χ1v) is 6.82. The summed E-state index contributed by atoms with van der Waals surface area (Å²) in [5.41, 5.74) is 1.36. The van der Waals surface area contributed by atoms with Crippen LogP contribution in [0.1, 0.15) is 32.3 Å². The normalized spacial score (nSPS) is 12.8. The molecule has 1 nitrogen and oxygen atoms in total. The summed E-state index contributed by atoms with van der Waals surface area (Å²) in [6.07, 6.45) is 3.59. The molecule has 0 aromatic heterocycles. The van der Waals surface area contributed by atoms with Gasteiger partial charge in [-0.05, 0) is 42.9 Å². The summed E-state index contributed by atoms with van der Waals surface area (Å²) in [5.74, 6) is 1.67. The molecular formula is C14H21BrO. The average Bonchev–Trinajstić information content (AvgIpc) is 2.29. The topological polar surface area (TPSA) is 9.23 Å². The lowest BCUT2D eigenvalue weighted by molar-refractivity contribution is 0.414. The molecule has 0 spiro atoms. The molecule has 0 aliphatic carbocycles. The van der Waals surface area contributed by atoms with Gasteiger partial charge in [-0.1, -0.05) is 41.9 Å². The molecule has 1 unspecified atom stereocenters. The van der Waals surface area contributed by atoms with Crippen LogP contribution in [-0.4, -0.2) is 11.9 Å². The Morgan fingerprint density at radius 1 is 1.31 bits per heavy atom. The van der Waals surface area contributed by atoms with Crippen molar-refractivity contribution in [3.05, 3.63) is 29.8 Å². The number of hydrogen-bond acceptors (Lipinski definition) is 1. The monoisotopic (exact) mass is 284 g/mol. The quantitative estimate of drug-likeness (QED) is 0.702. The van der Waals surface area contributed by atoms with Gasteiger partial charge < -0.3 is 4.74 Å². The number of ether oxygens (including phenoxy) is 1. The van der Waals surface area contributed by atoms with Crippen molar-refractivity contribution in [2.45, 2.75) is 37.9 Å². The second kappa shape index (κ2) is 6.95. The molecule has 0 aliphatic rings. The van der Waals surface area contributed by atoms with Crippen LogP contribution in [0.3, 0.4) is 0 Å². The van der Waals surface area contributed by atoms with E-state index in [2.05, 4.69) is 48.0 Å². The maximum Gasteiger partial charge on any atom is 0.119 e. The number of halogens is 1. The molecule has 16 heavy (non-hydrogen) atoms. The minimum absolute atomic E-state index is 0.637. The molecule has 0 heterocycles. The molecule has 1 rings (SSSR count). The van der Waals surface area contributed by atoms with Crippen molar-refractivity contribution >= 4 is 15.9 Å². The number of methoxy groups -OCH3 is 1. The molecular weight excluding hydrogens is 264 g/mol. The van der Waals surface area contributed by atoms with Gasteiger partial charge in [0.1, 0.15) is 5.75 Å². The van der Waals surface area contributed by atoms with E-state index in [1.54, 1.807) is 7.11 Å². The predicted octanol–water partition coefficient (Wildman–Crippen LogP) is 4.44. The summed E-state index contributed by atoms with van der Waals surface area (Å²) in [6.45, 7) is 4.51. The van der Waals surface area contributed by atoms with E-state index in [0.717, 1.165) is 12.2 Å². The molecule has 0 radical (unpaired) electrons. The number of alkyl halides is 1. The van der Waals surface area contributed by atoms with Gasteiger partial charge in [0.05, 0.1) is 7.11 Å². The van der Waals surface area contributed by atoms with Crippen LogP contribution in [0.25, 0.3) is 0 Å². The molecule has 90 valence electrons. The van der Waals surface area contributed by atoms with Gasteiger partial charge in [-0.25, -0.2) is 0 Å². The van der Waals surface area contributed by atoms with Gasteiger partial charge in [0, 0.05) is 4.83 Å². The largest absolute Gasteiger partial charge is 0.497 e. The predicted molar refractivity (Wildman–Crippen MR) is 73.5 cm³/mol. The minimum Gasteiger partial charge on any atom is -0.497 e. The van der Waals surface area contributed by atoms with E-state index >= 15 is 0 Å². The van der Waals surface area contributed by atoms with E-state index < -0.39 is 0 Å². The summed E-state index contributed by atoms with van der Waals surface area (Å²) in [7, 11) is 1.71. The first-order chi connectivity index (χ1) is 7.63. The van der Waals surface area contributed by atoms with Crippen LogP contribution >= 0.6 is 15.9 Å². The second-order valence-electron chi connectivity index (χ2n) is 4.50. The lowest BCUT2D eigenvalue weighted by Gasteiger charge is -2.13. The Labute approximate surface area is 107 Å². The van der Waals surface area contributed by atoms with Crippen molar-refractivity contribution in [2.75, 3.05) is 7.11 Å². The lowest BCUT2D eigenvalue weighted by Crippen LogP contribution is -2.07. The second-order valence-corrected chi connectivity index (χ2v) is 5.68. The third kappa shape index (κ3) is 4.56. The number of benzene rings is 1. The molecule has 0 amide bonds. The first kappa shape index (κ1) is 13.6. The first-order valence-electron chi connectivity index (χ1n) is 5.90. The van der Waals surface area contributed by atoms with Crippen LogP contribution in [0, 0.1) is 5.92 Å². The van der Waals surface area contributed by atoms with E-state index in [4.69, 9.17) is 4.74 Å². The Hall–Kier alpha value is -0.500. The summed E-state index contributed by atoms with van der Waals surface area (Å²) in [4.78, 5) is 0.637. The zero-order valence-corrected chi connectivity index (χ0v) is 12.0. The Bertz CT molecular complexity index is 309. The van der Waals surface area contributed by atoms with E-state index in [1.807, 2.05) is 6.07 Å². The van der Waals surface area contributed by atoms with E-state index in [9.17, 15) is 0 Å². The van der Waals surface area contributed by atoms with Gasteiger partial charge in [0.25, 0.3) is 0 Å². The highest BCUT2D eigenvalue weighted by atomic mass is 79.9. The van der Waals surface area contributed by atoms with E-state index in [0.29, 0.717) is 10.7 Å². The van der Waals surface area contributed by atoms with E-state index in [-0.39, 0.29) is 0 Å². The maximum atomic E-state index is 5.21. The zero-order chi connectivity index (χ0) is 12.0. The van der Waals surface area contributed by atoms with Crippen molar-refractivity contribution in [2.24, 2.45) is 5.92 Å². The zero-order valence-electron chi connectivity index (χ0n) is 10.4. The summed E-state index contributed by atoms with van der Waals surface area (Å²) < 4.78 is 5.21. The van der Waals surface area contributed by atoms with Crippen molar-refractivity contribution in [3.63, 3.8) is 0 Å². The van der Waals surface area contributed by atoms with Gasteiger partial charge in [0.2, 0.25) is 0 Å². The van der Waals surface area contributed by atoms with Crippen LogP contribution in [-0.2, 0) is 6.42 Å². The van der Waals surface area contributed by atoms with Crippen molar-refractivity contribution < 1.29 is 4.74 Å². The van der Waals surface area contributed by atoms with E-state index in [1.165, 1.54) is 18.4 Å². The fourth-order valence-electron chi connectivity index (χ4n) is 1.66. The number of hydrogen-bond donors (Lipinski definition) is 0. The molecule has 0 saturated heterocycles.